The Balaban J connectivity index is 1.35. The number of imidazole rings is 1. The summed E-state index contributed by atoms with van der Waals surface area (Å²) >= 11 is 0. The first kappa shape index (κ1) is 16.8. The van der Waals surface area contributed by atoms with Crippen LogP contribution in [0.25, 0.3) is 11.0 Å². The molecule has 4 nitrogen and oxygen atoms in total. The molecule has 0 saturated carbocycles. The molecule has 0 saturated heterocycles. The number of benzene rings is 2. The van der Waals surface area contributed by atoms with E-state index < -0.39 is 0 Å². The molecule has 1 heterocycles. The second-order valence-corrected chi connectivity index (χ2v) is 7.14. The molecule has 2 aromatic carbocycles. The Kier molecular flexibility index (Phi) is 4.74. The third kappa shape index (κ3) is 3.50. The summed E-state index contributed by atoms with van der Waals surface area (Å²) in [7, 11) is 0. The highest BCUT2D eigenvalue weighted by molar-refractivity contribution is 5.79. The Morgan fingerprint density at radius 1 is 1.12 bits per heavy atom. The van der Waals surface area contributed by atoms with E-state index in [1.165, 1.54) is 30.4 Å². The number of nitrogens with one attached hydrogen (secondary N) is 1. The van der Waals surface area contributed by atoms with E-state index in [9.17, 15) is 4.79 Å². The van der Waals surface area contributed by atoms with Crippen LogP contribution < -0.4 is 5.32 Å². The maximum Gasteiger partial charge on any atom is 0.224 e. The van der Waals surface area contributed by atoms with Gasteiger partial charge in [0.15, 0.2) is 0 Å². The van der Waals surface area contributed by atoms with Crippen LogP contribution in [-0.4, -0.2) is 22.0 Å². The molecule has 0 unspecified atom stereocenters. The minimum atomic E-state index is 0.0860. The van der Waals surface area contributed by atoms with Crippen molar-refractivity contribution in [2.24, 2.45) is 0 Å². The van der Waals surface area contributed by atoms with E-state index in [0.29, 0.717) is 13.0 Å². The molecule has 0 atom stereocenters. The number of rotatable bonds is 5. The van der Waals surface area contributed by atoms with Crippen LogP contribution in [0.4, 0.5) is 0 Å². The van der Waals surface area contributed by atoms with E-state index in [0.717, 1.165) is 35.4 Å². The van der Waals surface area contributed by atoms with Gasteiger partial charge in [-0.1, -0.05) is 30.3 Å². The molecule has 1 aliphatic rings. The lowest BCUT2D eigenvalue weighted by molar-refractivity contribution is -0.120. The van der Waals surface area contributed by atoms with Crippen LogP contribution in [0, 0.1) is 6.92 Å². The molecule has 134 valence electrons. The van der Waals surface area contributed by atoms with Crippen LogP contribution in [-0.2, 0) is 30.6 Å². The molecule has 0 spiro atoms. The third-order valence-electron chi connectivity index (χ3n) is 5.28. The highest BCUT2D eigenvalue weighted by atomic mass is 16.1. The van der Waals surface area contributed by atoms with E-state index in [2.05, 4.69) is 39.1 Å². The number of hydrogen-bond acceptors (Lipinski definition) is 2. The van der Waals surface area contributed by atoms with Gasteiger partial charge in [-0.3, -0.25) is 4.79 Å². The largest absolute Gasteiger partial charge is 0.354 e. The van der Waals surface area contributed by atoms with E-state index in [1.807, 2.05) is 25.1 Å². The molecule has 1 aromatic heterocycles. The van der Waals surface area contributed by atoms with Crippen molar-refractivity contribution in [1.82, 2.24) is 14.9 Å². The van der Waals surface area contributed by atoms with Crippen molar-refractivity contribution in [2.75, 3.05) is 6.54 Å². The summed E-state index contributed by atoms with van der Waals surface area (Å²) in [4.78, 5) is 16.9. The summed E-state index contributed by atoms with van der Waals surface area (Å²) in [6, 6.07) is 14.7. The minimum Gasteiger partial charge on any atom is -0.354 e. The molecular formula is C22H25N3O. The van der Waals surface area contributed by atoms with Gasteiger partial charge in [0.1, 0.15) is 5.82 Å². The van der Waals surface area contributed by atoms with Crippen LogP contribution in [0.5, 0.6) is 0 Å². The number of carbonyl (C=O) groups is 1. The van der Waals surface area contributed by atoms with Gasteiger partial charge in [0, 0.05) is 13.1 Å². The zero-order valence-corrected chi connectivity index (χ0v) is 15.3. The Labute approximate surface area is 154 Å². The first-order valence-electron chi connectivity index (χ1n) is 9.50. The van der Waals surface area contributed by atoms with Crippen LogP contribution in [0.15, 0.2) is 42.5 Å². The molecule has 26 heavy (non-hydrogen) atoms. The Bertz CT molecular complexity index is 942. The highest BCUT2D eigenvalue weighted by Crippen LogP contribution is 2.22. The maximum atomic E-state index is 12.3. The second kappa shape index (κ2) is 7.32. The first-order chi connectivity index (χ1) is 12.7. The standard InChI is InChI=1S/C22H25N3O/c1-16-24-20-8-4-5-9-21(20)25(16)13-12-23-22(26)15-17-10-11-18-6-2-3-7-19(18)14-17/h4-5,8-11,14H,2-3,6-7,12-13,15H2,1H3,(H,23,26). The van der Waals surface area contributed by atoms with E-state index >= 15 is 0 Å². The van der Waals surface area contributed by atoms with Crippen molar-refractivity contribution < 1.29 is 4.79 Å². The average Bonchev–Trinajstić information content (AvgIpc) is 2.97. The fraction of sp³-hybridized carbons (Fsp3) is 0.364. The van der Waals surface area contributed by atoms with E-state index in [1.54, 1.807) is 0 Å². The molecule has 0 aliphatic heterocycles. The Morgan fingerprint density at radius 3 is 2.81 bits per heavy atom. The van der Waals surface area contributed by atoms with Gasteiger partial charge in [-0.25, -0.2) is 4.98 Å². The van der Waals surface area contributed by atoms with Crippen LogP contribution in [0.2, 0.25) is 0 Å². The van der Waals surface area contributed by atoms with Crippen molar-refractivity contribution in [3.63, 3.8) is 0 Å². The lowest BCUT2D eigenvalue weighted by atomic mass is 9.90. The number of aromatic nitrogens is 2. The molecular weight excluding hydrogens is 322 g/mol. The van der Waals surface area contributed by atoms with Gasteiger partial charge in [-0.15, -0.1) is 0 Å². The Hall–Kier alpha value is -2.62. The number of nitrogens with zero attached hydrogens (tertiary/aromatic N) is 2. The highest BCUT2D eigenvalue weighted by Gasteiger charge is 2.11. The summed E-state index contributed by atoms with van der Waals surface area (Å²) in [5, 5.41) is 3.05. The predicted molar refractivity (Wildman–Crippen MR) is 104 cm³/mol. The number of para-hydroxylation sites is 2. The van der Waals surface area contributed by atoms with Crippen molar-refractivity contribution in [1.29, 1.82) is 0 Å². The van der Waals surface area contributed by atoms with Crippen LogP contribution >= 0.6 is 0 Å². The van der Waals surface area contributed by atoms with E-state index in [-0.39, 0.29) is 5.91 Å². The van der Waals surface area contributed by atoms with Crippen molar-refractivity contribution >= 4 is 16.9 Å². The van der Waals surface area contributed by atoms with Gasteiger partial charge >= 0.3 is 0 Å². The van der Waals surface area contributed by atoms with Crippen LogP contribution in [0.1, 0.15) is 35.4 Å². The lowest BCUT2D eigenvalue weighted by Gasteiger charge is -2.16. The van der Waals surface area contributed by atoms with E-state index in [4.69, 9.17) is 0 Å². The SMILES string of the molecule is Cc1nc2ccccc2n1CCNC(=O)Cc1ccc2c(c1)CCCC2. The van der Waals surface area contributed by atoms with Crippen LogP contribution in [0.3, 0.4) is 0 Å². The fourth-order valence-electron chi connectivity index (χ4n) is 3.93. The zero-order valence-electron chi connectivity index (χ0n) is 15.3. The molecule has 0 radical (unpaired) electrons. The van der Waals surface area contributed by atoms with Gasteiger partial charge < -0.3 is 9.88 Å². The van der Waals surface area contributed by atoms with Crippen molar-refractivity contribution in [3.05, 3.63) is 65.0 Å². The number of carbonyl (C=O) groups excluding carboxylic acids is 1. The normalized spacial score (nSPS) is 13.6. The number of amides is 1. The summed E-state index contributed by atoms with van der Waals surface area (Å²) in [6.07, 6.45) is 5.34. The summed E-state index contributed by atoms with van der Waals surface area (Å²) in [5.41, 5.74) is 6.14. The van der Waals surface area contributed by atoms with Gasteiger partial charge in [0.2, 0.25) is 5.91 Å². The summed E-state index contributed by atoms with van der Waals surface area (Å²) in [6.45, 7) is 3.36. The third-order valence-corrected chi connectivity index (χ3v) is 5.28. The average molecular weight is 347 g/mol. The summed E-state index contributed by atoms with van der Waals surface area (Å²) < 4.78 is 2.16. The quantitative estimate of drug-likeness (QED) is 0.767. The molecule has 1 aliphatic carbocycles. The smallest absolute Gasteiger partial charge is 0.224 e. The fourth-order valence-corrected chi connectivity index (χ4v) is 3.93. The van der Waals surface area contributed by atoms with Gasteiger partial charge in [0.25, 0.3) is 0 Å². The lowest BCUT2D eigenvalue weighted by Crippen LogP contribution is -2.28. The zero-order chi connectivity index (χ0) is 17.9. The molecule has 1 N–H and O–H groups in total. The monoisotopic (exact) mass is 347 g/mol. The number of fused-ring (bicyclic) bond motifs is 2. The molecule has 0 bridgehead atoms. The molecule has 0 fully saturated rings. The van der Waals surface area contributed by atoms with Crippen molar-refractivity contribution in [3.8, 4) is 0 Å². The Morgan fingerprint density at radius 2 is 1.92 bits per heavy atom. The van der Waals surface area contributed by atoms with Gasteiger partial charge in [-0.05, 0) is 61.4 Å². The molecule has 3 aromatic rings. The first-order valence-corrected chi connectivity index (χ1v) is 9.50. The topological polar surface area (TPSA) is 46.9 Å². The predicted octanol–water partition coefficient (Wildman–Crippen LogP) is 3.58. The molecule has 1 amide bonds. The molecule has 4 rings (SSSR count). The number of aryl methyl sites for hydroxylation is 3. The minimum absolute atomic E-state index is 0.0860. The summed E-state index contributed by atoms with van der Waals surface area (Å²) in [5.74, 6) is 1.07. The second-order valence-electron chi connectivity index (χ2n) is 7.14. The van der Waals surface area contributed by atoms with Gasteiger partial charge in [0.05, 0.1) is 17.5 Å². The molecule has 4 heteroatoms. The number of hydrogen-bond donors (Lipinski definition) is 1. The van der Waals surface area contributed by atoms with Crippen molar-refractivity contribution in [2.45, 2.75) is 45.6 Å². The maximum absolute atomic E-state index is 12.3. The van der Waals surface area contributed by atoms with Gasteiger partial charge in [-0.2, -0.15) is 0 Å².